The fourth-order valence-corrected chi connectivity index (χ4v) is 1.00. The summed E-state index contributed by atoms with van der Waals surface area (Å²) < 4.78 is 0. The number of hydrogen-bond donors (Lipinski definition) is 3. The third kappa shape index (κ3) is 4.01. The van der Waals surface area contributed by atoms with E-state index < -0.39 is 0 Å². The average molecular weight is 212 g/mol. The molecule has 1 rings (SSSR count). The second-order valence-corrected chi connectivity index (χ2v) is 3.04. The second-order valence-electron chi connectivity index (χ2n) is 3.04. The molecule has 5 heteroatoms. The number of carbonyl (C=O) groups is 1. The van der Waals surface area contributed by atoms with Gasteiger partial charge in [0.1, 0.15) is 5.69 Å². The summed E-state index contributed by atoms with van der Waals surface area (Å²) >= 11 is 0. The molecule has 0 aliphatic rings. The largest absolute Gasteiger partial charge is 0.380 e. The quantitative estimate of drug-likeness (QED) is 0.713. The maximum atomic E-state index is 11.3. The topological polar surface area (TPSA) is 69.8 Å². The van der Waals surface area contributed by atoms with Crippen LogP contribution in [0.5, 0.6) is 0 Å². The van der Waals surface area contributed by atoms with Crippen LogP contribution in [0.2, 0.25) is 0 Å². The van der Waals surface area contributed by atoms with Gasteiger partial charge >= 0.3 is 0 Å². The molecule has 15 heavy (non-hydrogen) atoms. The third-order valence-corrected chi connectivity index (χ3v) is 1.54. The van der Waals surface area contributed by atoms with Crippen LogP contribution in [0.25, 0.3) is 0 Å². The number of amides is 1. The first-order valence-corrected chi connectivity index (χ1v) is 5.17. The highest BCUT2D eigenvalue weighted by Gasteiger charge is 2.12. The molecule has 0 aliphatic heterocycles. The van der Waals surface area contributed by atoms with Crippen molar-refractivity contribution in [2.24, 2.45) is 0 Å². The Morgan fingerprint density at radius 3 is 2.53 bits per heavy atom. The number of aromatic amines is 1. The first-order chi connectivity index (χ1) is 7.15. The van der Waals surface area contributed by atoms with Gasteiger partial charge in [0.25, 0.3) is 5.91 Å². The SMILES string of the molecule is CC.CNC(=O)c1[nH]ncc1NC(C)C. The number of hydrogen-bond acceptors (Lipinski definition) is 3. The molecule has 5 nitrogen and oxygen atoms in total. The van der Waals surface area contributed by atoms with Crippen LogP contribution >= 0.6 is 0 Å². The summed E-state index contributed by atoms with van der Waals surface area (Å²) in [7, 11) is 1.59. The average Bonchev–Trinajstić information content (AvgIpc) is 2.67. The smallest absolute Gasteiger partial charge is 0.271 e. The maximum Gasteiger partial charge on any atom is 0.271 e. The van der Waals surface area contributed by atoms with Gasteiger partial charge in [-0.15, -0.1) is 0 Å². The van der Waals surface area contributed by atoms with Crippen molar-refractivity contribution in [2.75, 3.05) is 12.4 Å². The minimum atomic E-state index is -0.166. The lowest BCUT2D eigenvalue weighted by Crippen LogP contribution is -2.21. The predicted molar refractivity (Wildman–Crippen MR) is 62.1 cm³/mol. The minimum Gasteiger partial charge on any atom is -0.380 e. The van der Waals surface area contributed by atoms with Crippen molar-refractivity contribution in [3.8, 4) is 0 Å². The lowest BCUT2D eigenvalue weighted by molar-refractivity contribution is 0.0959. The molecule has 1 heterocycles. The van der Waals surface area contributed by atoms with E-state index in [4.69, 9.17) is 0 Å². The predicted octanol–water partition coefficient (Wildman–Crippen LogP) is 1.62. The van der Waals surface area contributed by atoms with Gasteiger partial charge in [0.05, 0.1) is 11.9 Å². The number of H-pyrrole nitrogens is 1. The Morgan fingerprint density at radius 1 is 1.47 bits per heavy atom. The van der Waals surface area contributed by atoms with E-state index in [-0.39, 0.29) is 11.9 Å². The van der Waals surface area contributed by atoms with Crippen LogP contribution in [0.1, 0.15) is 38.2 Å². The number of rotatable bonds is 3. The fourth-order valence-electron chi connectivity index (χ4n) is 1.00. The summed E-state index contributed by atoms with van der Waals surface area (Å²) in [5.74, 6) is -0.166. The molecule has 0 saturated heterocycles. The molecule has 0 unspecified atom stereocenters. The van der Waals surface area contributed by atoms with E-state index in [9.17, 15) is 4.79 Å². The highest BCUT2D eigenvalue weighted by Crippen LogP contribution is 2.11. The molecular weight excluding hydrogens is 192 g/mol. The molecule has 0 aromatic carbocycles. The van der Waals surface area contributed by atoms with Gasteiger partial charge in [-0.05, 0) is 13.8 Å². The summed E-state index contributed by atoms with van der Waals surface area (Å²) in [6.45, 7) is 8.00. The van der Waals surface area contributed by atoms with Crippen molar-refractivity contribution in [1.82, 2.24) is 15.5 Å². The van der Waals surface area contributed by atoms with E-state index in [1.165, 1.54) is 0 Å². The van der Waals surface area contributed by atoms with Crippen LogP contribution in [0.4, 0.5) is 5.69 Å². The molecule has 0 saturated carbocycles. The number of aromatic nitrogens is 2. The van der Waals surface area contributed by atoms with E-state index in [1.54, 1.807) is 13.2 Å². The zero-order chi connectivity index (χ0) is 11.8. The Morgan fingerprint density at radius 2 is 2.07 bits per heavy atom. The zero-order valence-electron chi connectivity index (χ0n) is 10.0. The maximum absolute atomic E-state index is 11.3. The Kier molecular flexibility index (Phi) is 6.17. The van der Waals surface area contributed by atoms with Crippen molar-refractivity contribution in [2.45, 2.75) is 33.7 Å². The highest BCUT2D eigenvalue weighted by atomic mass is 16.1. The Labute approximate surface area is 90.7 Å². The Bertz CT molecular complexity index is 293. The van der Waals surface area contributed by atoms with Gasteiger partial charge in [0.2, 0.25) is 0 Å². The summed E-state index contributed by atoms with van der Waals surface area (Å²) in [6.07, 6.45) is 1.60. The lowest BCUT2D eigenvalue weighted by Gasteiger charge is -2.08. The monoisotopic (exact) mass is 212 g/mol. The van der Waals surface area contributed by atoms with Gasteiger partial charge in [-0.3, -0.25) is 9.89 Å². The zero-order valence-corrected chi connectivity index (χ0v) is 10.0. The molecule has 1 aromatic heterocycles. The van der Waals surface area contributed by atoms with Crippen molar-refractivity contribution >= 4 is 11.6 Å². The first kappa shape index (κ1) is 13.5. The molecule has 0 fully saturated rings. The van der Waals surface area contributed by atoms with E-state index >= 15 is 0 Å². The number of nitrogens with zero attached hydrogens (tertiary/aromatic N) is 1. The highest BCUT2D eigenvalue weighted by molar-refractivity contribution is 5.97. The molecule has 86 valence electrons. The Hall–Kier alpha value is -1.52. The standard InChI is InChI=1S/C8H14N4O.C2H6/c1-5(2)11-6-4-10-12-7(6)8(13)9-3;1-2/h4-5,11H,1-3H3,(H,9,13)(H,10,12);1-2H3. The van der Waals surface area contributed by atoms with E-state index in [2.05, 4.69) is 20.8 Å². The summed E-state index contributed by atoms with van der Waals surface area (Å²) in [5, 5.41) is 12.1. The van der Waals surface area contributed by atoms with Gasteiger partial charge in [0.15, 0.2) is 0 Å². The summed E-state index contributed by atoms with van der Waals surface area (Å²) in [5.41, 5.74) is 1.20. The normalized spacial score (nSPS) is 9.20. The molecule has 1 aromatic rings. The summed E-state index contributed by atoms with van der Waals surface area (Å²) in [4.78, 5) is 11.3. The molecule has 0 aliphatic carbocycles. The van der Waals surface area contributed by atoms with Crippen molar-refractivity contribution < 1.29 is 4.79 Å². The van der Waals surface area contributed by atoms with E-state index in [1.807, 2.05) is 27.7 Å². The van der Waals surface area contributed by atoms with Crippen LogP contribution in [0, 0.1) is 0 Å². The van der Waals surface area contributed by atoms with Gasteiger partial charge in [-0.1, -0.05) is 13.8 Å². The van der Waals surface area contributed by atoms with Gasteiger partial charge in [-0.25, -0.2) is 0 Å². The lowest BCUT2D eigenvalue weighted by atomic mass is 10.3. The molecule has 0 bridgehead atoms. The van der Waals surface area contributed by atoms with Crippen molar-refractivity contribution in [3.63, 3.8) is 0 Å². The van der Waals surface area contributed by atoms with Gasteiger partial charge < -0.3 is 10.6 Å². The molecule has 0 spiro atoms. The molecule has 3 N–H and O–H groups in total. The first-order valence-electron chi connectivity index (χ1n) is 5.17. The van der Waals surface area contributed by atoms with Crippen LogP contribution in [-0.4, -0.2) is 29.2 Å². The van der Waals surface area contributed by atoms with Crippen LogP contribution in [0.3, 0.4) is 0 Å². The summed E-state index contributed by atoms with van der Waals surface area (Å²) in [6, 6.07) is 0.279. The van der Waals surface area contributed by atoms with Crippen LogP contribution in [-0.2, 0) is 0 Å². The van der Waals surface area contributed by atoms with Crippen LogP contribution < -0.4 is 10.6 Å². The number of carbonyl (C=O) groups excluding carboxylic acids is 1. The van der Waals surface area contributed by atoms with Crippen molar-refractivity contribution in [3.05, 3.63) is 11.9 Å². The minimum absolute atomic E-state index is 0.166. The molecular formula is C10H20N4O. The number of anilines is 1. The third-order valence-electron chi connectivity index (χ3n) is 1.54. The molecule has 0 radical (unpaired) electrons. The number of nitrogens with one attached hydrogen (secondary N) is 3. The fraction of sp³-hybridized carbons (Fsp3) is 0.600. The molecule has 0 atom stereocenters. The van der Waals surface area contributed by atoms with E-state index in [0.717, 1.165) is 5.69 Å². The second kappa shape index (κ2) is 6.86. The van der Waals surface area contributed by atoms with Gasteiger partial charge in [-0.2, -0.15) is 5.10 Å². The van der Waals surface area contributed by atoms with E-state index in [0.29, 0.717) is 5.69 Å². The molecule has 1 amide bonds. The Balaban J connectivity index is 0.000000921. The van der Waals surface area contributed by atoms with Gasteiger partial charge in [0, 0.05) is 13.1 Å². The van der Waals surface area contributed by atoms with Crippen LogP contribution in [0.15, 0.2) is 6.20 Å². The van der Waals surface area contributed by atoms with Crippen molar-refractivity contribution in [1.29, 1.82) is 0 Å².